The van der Waals surface area contributed by atoms with Gasteiger partial charge in [-0.25, -0.2) is 8.42 Å². The van der Waals surface area contributed by atoms with Crippen molar-refractivity contribution in [3.05, 3.63) is 22.2 Å². The van der Waals surface area contributed by atoms with E-state index in [1.54, 1.807) is 13.0 Å². The van der Waals surface area contributed by atoms with Gasteiger partial charge in [-0.2, -0.15) is 4.31 Å². The number of rotatable bonds is 2. The van der Waals surface area contributed by atoms with Crippen LogP contribution in [-0.2, 0) is 10.0 Å². The number of hydrogen-bond acceptors (Lipinski definition) is 4. The summed E-state index contributed by atoms with van der Waals surface area (Å²) in [5.74, 6) is 0. The van der Waals surface area contributed by atoms with Gasteiger partial charge in [0.05, 0.1) is 11.0 Å². The molecule has 17 heavy (non-hydrogen) atoms. The van der Waals surface area contributed by atoms with Gasteiger partial charge in [0.2, 0.25) is 10.0 Å². The van der Waals surface area contributed by atoms with Gasteiger partial charge in [-0.15, -0.1) is 0 Å². The van der Waals surface area contributed by atoms with E-state index in [0.717, 1.165) is 0 Å². The maximum Gasteiger partial charge on any atom is 0.243 e. The summed E-state index contributed by atoms with van der Waals surface area (Å²) in [6.45, 7) is 1.97. The lowest BCUT2D eigenvalue weighted by Gasteiger charge is -2.35. The minimum Gasteiger partial charge on any atom is -0.398 e. The summed E-state index contributed by atoms with van der Waals surface area (Å²) in [6.07, 6.45) is -0.561. The van der Waals surface area contributed by atoms with Gasteiger partial charge >= 0.3 is 0 Å². The number of sulfonamides is 1. The molecular weight excluding hydrogens is 308 g/mol. The molecule has 1 aliphatic rings. The molecule has 1 heterocycles. The normalized spacial score (nSPS) is 18.1. The van der Waals surface area contributed by atoms with E-state index < -0.39 is 16.1 Å². The second-order valence-corrected chi connectivity index (χ2v) is 6.92. The molecule has 1 aromatic rings. The quantitative estimate of drug-likeness (QED) is 0.786. The van der Waals surface area contributed by atoms with Gasteiger partial charge in [-0.3, -0.25) is 0 Å². The highest BCUT2D eigenvalue weighted by molar-refractivity contribution is 9.10. The lowest BCUT2D eigenvalue weighted by Crippen LogP contribution is -2.53. The van der Waals surface area contributed by atoms with E-state index in [1.165, 1.54) is 10.4 Å². The Morgan fingerprint density at radius 2 is 2.06 bits per heavy atom. The summed E-state index contributed by atoms with van der Waals surface area (Å²) in [5.41, 5.74) is 6.71. The lowest BCUT2D eigenvalue weighted by atomic mass is 10.2. The summed E-state index contributed by atoms with van der Waals surface area (Å²) in [4.78, 5) is 0.191. The Labute approximate surface area is 108 Å². The van der Waals surface area contributed by atoms with Gasteiger partial charge in [0.1, 0.15) is 0 Å². The number of benzene rings is 1. The molecule has 1 saturated heterocycles. The van der Waals surface area contributed by atoms with Crippen molar-refractivity contribution in [2.24, 2.45) is 0 Å². The van der Waals surface area contributed by atoms with E-state index in [-0.39, 0.29) is 18.0 Å². The van der Waals surface area contributed by atoms with Gasteiger partial charge in [0, 0.05) is 23.2 Å². The molecule has 1 aliphatic heterocycles. The number of nitrogens with zero attached hydrogens (tertiary/aromatic N) is 1. The number of anilines is 1. The predicted molar refractivity (Wildman–Crippen MR) is 68.1 cm³/mol. The third-order valence-corrected chi connectivity index (χ3v) is 5.23. The van der Waals surface area contributed by atoms with Gasteiger partial charge in [-0.05, 0) is 24.6 Å². The first-order chi connectivity index (χ1) is 7.82. The third-order valence-electron chi connectivity index (χ3n) is 2.81. The first-order valence-electron chi connectivity index (χ1n) is 5.06. The second kappa shape index (κ2) is 4.24. The van der Waals surface area contributed by atoms with E-state index >= 15 is 0 Å². The number of halogens is 1. The van der Waals surface area contributed by atoms with Crippen molar-refractivity contribution in [3.8, 4) is 0 Å². The highest BCUT2D eigenvalue weighted by Crippen LogP contribution is 2.30. The molecule has 0 atom stereocenters. The van der Waals surface area contributed by atoms with Crippen molar-refractivity contribution in [1.29, 1.82) is 0 Å². The molecule has 0 bridgehead atoms. The Bertz CT molecular complexity index is 553. The van der Waals surface area contributed by atoms with Crippen molar-refractivity contribution < 1.29 is 13.5 Å². The zero-order valence-corrected chi connectivity index (χ0v) is 11.6. The molecule has 0 saturated carbocycles. The molecule has 0 amide bonds. The van der Waals surface area contributed by atoms with Gasteiger partial charge in [-0.1, -0.05) is 15.9 Å². The van der Waals surface area contributed by atoms with Gasteiger partial charge in [0.25, 0.3) is 0 Å². The lowest BCUT2D eigenvalue weighted by molar-refractivity contribution is 0.0547. The molecule has 0 aliphatic carbocycles. The van der Waals surface area contributed by atoms with E-state index in [2.05, 4.69) is 15.9 Å². The van der Waals surface area contributed by atoms with Crippen molar-refractivity contribution in [2.45, 2.75) is 17.9 Å². The molecule has 1 aromatic carbocycles. The van der Waals surface area contributed by atoms with E-state index in [4.69, 9.17) is 10.8 Å². The van der Waals surface area contributed by atoms with Crippen LogP contribution in [0.5, 0.6) is 0 Å². The Balaban J connectivity index is 2.47. The highest BCUT2D eigenvalue weighted by Gasteiger charge is 2.36. The number of hydrogen-bond donors (Lipinski definition) is 2. The van der Waals surface area contributed by atoms with Crippen LogP contribution in [0.15, 0.2) is 21.5 Å². The molecule has 0 aromatic heterocycles. The zero-order chi connectivity index (χ0) is 12.8. The van der Waals surface area contributed by atoms with Crippen LogP contribution in [0.3, 0.4) is 0 Å². The third kappa shape index (κ3) is 2.20. The highest BCUT2D eigenvalue weighted by atomic mass is 79.9. The van der Waals surface area contributed by atoms with Crippen molar-refractivity contribution >= 4 is 31.6 Å². The van der Waals surface area contributed by atoms with Crippen molar-refractivity contribution in [2.75, 3.05) is 18.8 Å². The molecule has 7 heteroatoms. The Morgan fingerprint density at radius 3 is 2.59 bits per heavy atom. The van der Waals surface area contributed by atoms with Crippen LogP contribution in [0.2, 0.25) is 0 Å². The maximum atomic E-state index is 12.2. The van der Waals surface area contributed by atoms with Gasteiger partial charge in [0.15, 0.2) is 0 Å². The summed E-state index contributed by atoms with van der Waals surface area (Å²) < 4.78 is 26.3. The molecule has 0 spiro atoms. The summed E-state index contributed by atoms with van der Waals surface area (Å²) in [7, 11) is -3.55. The molecule has 1 fully saturated rings. The largest absolute Gasteiger partial charge is 0.398 e. The first-order valence-corrected chi connectivity index (χ1v) is 7.29. The molecule has 94 valence electrons. The number of aliphatic hydroxyl groups excluding tert-OH is 1. The number of β-amino-alcohol motifs (C(OH)–C–C–N with tert-alkyl or cyclic N) is 1. The predicted octanol–water partition coefficient (Wildman–Crippen LogP) is 0.705. The fourth-order valence-corrected chi connectivity index (χ4v) is 4.12. The minimum absolute atomic E-state index is 0.147. The fraction of sp³-hybridized carbons (Fsp3) is 0.400. The number of nitrogens with two attached hydrogens (primary N) is 1. The monoisotopic (exact) mass is 320 g/mol. The number of aliphatic hydroxyl groups is 1. The van der Waals surface area contributed by atoms with E-state index in [0.29, 0.717) is 15.7 Å². The average molecular weight is 321 g/mol. The topological polar surface area (TPSA) is 83.6 Å². The van der Waals surface area contributed by atoms with Crippen LogP contribution >= 0.6 is 15.9 Å². The maximum absolute atomic E-state index is 12.2. The Morgan fingerprint density at radius 1 is 1.47 bits per heavy atom. The summed E-state index contributed by atoms with van der Waals surface area (Å²) >= 11 is 3.23. The van der Waals surface area contributed by atoms with E-state index in [9.17, 15) is 8.42 Å². The fourth-order valence-electron chi connectivity index (χ4n) is 1.69. The SMILES string of the molecule is Cc1c(N)cc(Br)cc1S(=O)(=O)N1CC(O)C1. The van der Waals surface area contributed by atoms with Crippen molar-refractivity contribution in [3.63, 3.8) is 0 Å². The molecule has 0 radical (unpaired) electrons. The molecule has 3 N–H and O–H groups in total. The minimum atomic E-state index is -3.55. The Hall–Kier alpha value is -0.630. The zero-order valence-electron chi connectivity index (χ0n) is 9.22. The molecule has 2 rings (SSSR count). The van der Waals surface area contributed by atoms with Crippen LogP contribution in [0.25, 0.3) is 0 Å². The van der Waals surface area contributed by atoms with Crippen LogP contribution < -0.4 is 5.73 Å². The summed E-state index contributed by atoms with van der Waals surface area (Å²) in [5, 5.41) is 9.17. The smallest absolute Gasteiger partial charge is 0.243 e. The molecule has 5 nitrogen and oxygen atoms in total. The van der Waals surface area contributed by atoms with E-state index in [1.807, 2.05) is 0 Å². The standard InChI is InChI=1S/C10H13BrN2O3S/c1-6-9(12)2-7(11)3-10(6)17(15,16)13-4-8(14)5-13/h2-3,8,14H,4-5,12H2,1H3. The second-order valence-electron chi connectivity index (χ2n) is 4.09. The van der Waals surface area contributed by atoms with Crippen LogP contribution in [-0.4, -0.2) is 37.0 Å². The van der Waals surface area contributed by atoms with Gasteiger partial charge < -0.3 is 10.8 Å². The molecule has 0 unspecified atom stereocenters. The number of nitrogen functional groups attached to an aromatic ring is 1. The molecular formula is C10H13BrN2O3S. The summed E-state index contributed by atoms with van der Waals surface area (Å²) in [6, 6.07) is 3.20. The van der Waals surface area contributed by atoms with Crippen LogP contribution in [0.1, 0.15) is 5.56 Å². The van der Waals surface area contributed by atoms with Crippen LogP contribution in [0.4, 0.5) is 5.69 Å². The van der Waals surface area contributed by atoms with Crippen molar-refractivity contribution in [1.82, 2.24) is 4.31 Å². The Kier molecular flexibility index (Phi) is 3.19. The van der Waals surface area contributed by atoms with Crippen LogP contribution in [0, 0.1) is 6.92 Å². The first kappa shape index (κ1) is 12.8. The average Bonchev–Trinajstić information content (AvgIpc) is 2.18.